The number of hydrogen-bond donors (Lipinski definition) is 2. The Kier molecular flexibility index (Phi) is 5.97. The number of allylic oxidation sites excluding steroid dienone is 1. The molecule has 0 amide bonds. The summed E-state index contributed by atoms with van der Waals surface area (Å²) in [6.07, 6.45) is 4.77. The molecule has 176 valence electrons. The number of imidazole rings is 1. The summed E-state index contributed by atoms with van der Waals surface area (Å²) in [5, 5.41) is 9.89. The zero-order valence-electron chi connectivity index (χ0n) is 19.0. The van der Waals surface area contributed by atoms with Gasteiger partial charge in [-0.3, -0.25) is 0 Å². The number of benzene rings is 1. The molecule has 5 rings (SSSR count). The van der Waals surface area contributed by atoms with Crippen LogP contribution in [0.1, 0.15) is 34.0 Å². The highest BCUT2D eigenvalue weighted by Crippen LogP contribution is 2.33. The minimum absolute atomic E-state index is 0.000322. The fourth-order valence-corrected chi connectivity index (χ4v) is 4.48. The van der Waals surface area contributed by atoms with Gasteiger partial charge in [0.15, 0.2) is 5.65 Å². The van der Waals surface area contributed by atoms with Crippen LogP contribution in [0.4, 0.5) is 0 Å². The number of nitrogens with zero attached hydrogens (tertiary/aromatic N) is 5. The van der Waals surface area contributed by atoms with Crippen LogP contribution in [-0.4, -0.2) is 75.3 Å². The second kappa shape index (κ2) is 9.08. The van der Waals surface area contributed by atoms with Crippen molar-refractivity contribution in [2.24, 2.45) is 4.99 Å². The number of fused-ring (bicyclic) bond motifs is 1. The average Bonchev–Trinajstić information content (AvgIpc) is 3.21. The van der Waals surface area contributed by atoms with Crippen molar-refractivity contribution < 1.29 is 14.6 Å². The summed E-state index contributed by atoms with van der Waals surface area (Å²) in [6.45, 7) is 5.63. The molecule has 2 aromatic heterocycles. The fraction of sp³-hybridized carbons (Fsp3) is 0.333. The Bertz CT molecular complexity index is 1310. The van der Waals surface area contributed by atoms with E-state index in [2.05, 4.69) is 37.9 Å². The van der Waals surface area contributed by atoms with E-state index in [-0.39, 0.29) is 17.5 Å². The number of carbonyl (C=O) groups is 1. The maximum Gasteiger partial charge on any atom is 0.336 e. The van der Waals surface area contributed by atoms with Gasteiger partial charge in [0.1, 0.15) is 11.6 Å². The minimum Gasteiger partial charge on any atom is -0.478 e. The number of pyridine rings is 1. The van der Waals surface area contributed by atoms with Crippen molar-refractivity contribution in [3.8, 4) is 11.8 Å². The number of aliphatic imine (C=N–C) groups is 1. The Morgan fingerprint density at radius 2 is 2.00 bits per heavy atom. The summed E-state index contributed by atoms with van der Waals surface area (Å²) in [7, 11) is 2.13. The van der Waals surface area contributed by atoms with E-state index in [0.717, 1.165) is 37.7 Å². The van der Waals surface area contributed by atoms with Gasteiger partial charge in [0.25, 0.3) is 0 Å². The van der Waals surface area contributed by atoms with Crippen molar-refractivity contribution >= 4 is 34.9 Å². The molecule has 0 bridgehead atoms. The van der Waals surface area contributed by atoms with Crippen molar-refractivity contribution in [3.05, 3.63) is 58.0 Å². The van der Waals surface area contributed by atoms with Gasteiger partial charge in [-0.05, 0) is 50.2 Å². The summed E-state index contributed by atoms with van der Waals surface area (Å²) in [6, 6.07) is 6.89. The summed E-state index contributed by atoms with van der Waals surface area (Å²) < 4.78 is 5.78. The fourth-order valence-electron chi connectivity index (χ4n) is 4.19. The first kappa shape index (κ1) is 22.4. The smallest absolute Gasteiger partial charge is 0.336 e. The number of rotatable bonds is 5. The molecule has 2 aliphatic heterocycles. The van der Waals surface area contributed by atoms with E-state index < -0.39 is 5.97 Å². The Hall–Kier alpha value is -3.43. The molecule has 1 aromatic carbocycles. The van der Waals surface area contributed by atoms with Crippen LogP contribution in [0.25, 0.3) is 11.2 Å². The van der Waals surface area contributed by atoms with Gasteiger partial charge in [-0.1, -0.05) is 17.7 Å². The highest BCUT2D eigenvalue weighted by atomic mass is 35.5. The van der Waals surface area contributed by atoms with Crippen molar-refractivity contribution in [2.45, 2.75) is 19.3 Å². The van der Waals surface area contributed by atoms with Gasteiger partial charge >= 0.3 is 12.0 Å². The number of aromatic nitrogens is 3. The largest absolute Gasteiger partial charge is 0.478 e. The molecule has 1 unspecified atom stereocenters. The number of carboxylic acids is 1. The van der Waals surface area contributed by atoms with Gasteiger partial charge < -0.3 is 24.6 Å². The average molecular weight is 481 g/mol. The highest BCUT2D eigenvalue weighted by molar-refractivity contribution is 6.31. The van der Waals surface area contributed by atoms with Crippen LogP contribution < -0.4 is 4.74 Å². The molecule has 0 aliphatic carbocycles. The topological polar surface area (TPSA) is 107 Å². The maximum atomic E-state index is 11.4. The van der Waals surface area contributed by atoms with Crippen LogP contribution in [0.5, 0.6) is 11.8 Å². The second-order valence-corrected chi connectivity index (χ2v) is 9.03. The molecule has 3 aromatic rings. The predicted molar refractivity (Wildman–Crippen MR) is 130 cm³/mol. The van der Waals surface area contributed by atoms with E-state index in [9.17, 15) is 9.90 Å². The molecule has 1 atom stereocenters. The third-order valence-corrected chi connectivity index (χ3v) is 6.50. The van der Waals surface area contributed by atoms with Crippen LogP contribution in [0, 0.1) is 6.92 Å². The van der Waals surface area contributed by atoms with E-state index in [1.54, 1.807) is 25.1 Å². The number of carboxylic acid groups (broad SMARTS) is 1. The third kappa shape index (κ3) is 4.49. The number of aromatic amines is 1. The maximum absolute atomic E-state index is 11.4. The Balaban J connectivity index is 1.40. The van der Waals surface area contributed by atoms with Gasteiger partial charge in [0, 0.05) is 38.3 Å². The summed E-state index contributed by atoms with van der Waals surface area (Å²) in [5.74, 6) is 0.324. The number of piperazine rings is 1. The Morgan fingerprint density at radius 3 is 2.76 bits per heavy atom. The lowest BCUT2D eigenvalue weighted by molar-refractivity contribution is 0.0695. The summed E-state index contributed by atoms with van der Waals surface area (Å²) >= 11 is 6.62. The van der Waals surface area contributed by atoms with Crippen molar-refractivity contribution in [1.29, 1.82) is 0 Å². The number of halogens is 1. The molecule has 2 aliphatic rings. The van der Waals surface area contributed by atoms with Crippen molar-refractivity contribution in [2.75, 3.05) is 33.2 Å². The van der Waals surface area contributed by atoms with Crippen LogP contribution in [0.2, 0.25) is 5.02 Å². The number of H-pyrrole nitrogens is 1. The number of aryl methyl sites for hydroxylation is 1. The normalized spacial score (nSPS) is 18.9. The summed E-state index contributed by atoms with van der Waals surface area (Å²) in [4.78, 5) is 32.9. The van der Waals surface area contributed by atoms with E-state index in [4.69, 9.17) is 21.3 Å². The number of hydrogen-bond acceptors (Lipinski definition) is 7. The number of ether oxygens (including phenoxy) is 1. The van der Waals surface area contributed by atoms with E-state index >= 15 is 0 Å². The lowest BCUT2D eigenvalue weighted by atomic mass is 9.98. The number of aromatic carboxylic acids is 1. The zero-order chi connectivity index (χ0) is 23.8. The van der Waals surface area contributed by atoms with Gasteiger partial charge in [-0.15, -0.1) is 0 Å². The number of nitrogens with one attached hydrogen (secondary N) is 1. The highest BCUT2D eigenvalue weighted by Gasteiger charge is 2.23. The third-order valence-electron chi connectivity index (χ3n) is 6.20. The van der Waals surface area contributed by atoms with E-state index in [1.165, 1.54) is 6.07 Å². The van der Waals surface area contributed by atoms with E-state index in [1.807, 2.05) is 6.21 Å². The second-order valence-electron chi connectivity index (χ2n) is 8.62. The molecular weight excluding hydrogens is 456 g/mol. The molecule has 4 heterocycles. The first-order valence-electron chi connectivity index (χ1n) is 11.1. The molecule has 10 heteroatoms. The molecule has 0 spiro atoms. The van der Waals surface area contributed by atoms with Crippen molar-refractivity contribution in [3.63, 3.8) is 0 Å². The first-order valence-corrected chi connectivity index (χ1v) is 11.5. The van der Waals surface area contributed by atoms with E-state index in [0.29, 0.717) is 33.9 Å². The van der Waals surface area contributed by atoms with Crippen LogP contribution >= 0.6 is 11.6 Å². The van der Waals surface area contributed by atoms with Gasteiger partial charge in [-0.25, -0.2) is 14.8 Å². The molecule has 1 fully saturated rings. The zero-order valence-corrected chi connectivity index (χ0v) is 19.7. The molecule has 34 heavy (non-hydrogen) atoms. The monoisotopic (exact) mass is 480 g/mol. The quantitative estimate of drug-likeness (QED) is 0.567. The molecule has 2 N–H and O–H groups in total. The molecule has 0 saturated carbocycles. The van der Waals surface area contributed by atoms with Crippen LogP contribution in [0.15, 0.2) is 41.2 Å². The van der Waals surface area contributed by atoms with Crippen LogP contribution in [0.3, 0.4) is 0 Å². The molecular formula is C24H25ClN6O3. The van der Waals surface area contributed by atoms with Gasteiger partial charge in [0.05, 0.1) is 21.8 Å². The Labute approximate surface area is 201 Å². The SMILES string of the molecule is Cc1ccc(Oc2nc3nc(C4C=C(N5CCN(C)CC5)N=CC4)c(Cl)cc3[nH]2)cc1C(=O)O. The van der Waals surface area contributed by atoms with Gasteiger partial charge in [0.2, 0.25) is 0 Å². The lowest BCUT2D eigenvalue weighted by Gasteiger charge is -2.35. The molecule has 0 radical (unpaired) electrons. The predicted octanol–water partition coefficient (Wildman–Crippen LogP) is 4.06. The summed E-state index contributed by atoms with van der Waals surface area (Å²) in [5.41, 5.74) is 2.70. The van der Waals surface area contributed by atoms with Crippen LogP contribution in [-0.2, 0) is 0 Å². The molecule has 1 saturated heterocycles. The van der Waals surface area contributed by atoms with Gasteiger partial charge in [-0.2, -0.15) is 4.98 Å². The Morgan fingerprint density at radius 1 is 1.21 bits per heavy atom. The number of likely N-dealkylation sites (N-methyl/N-ethyl adjacent to an activating group) is 1. The molecule has 9 nitrogen and oxygen atoms in total. The minimum atomic E-state index is -1.01. The first-order chi connectivity index (χ1) is 16.4. The van der Waals surface area contributed by atoms with Crippen molar-refractivity contribution in [1.82, 2.24) is 24.8 Å². The standard InChI is InChI=1S/C24H25ClN6O3/c1-14-3-4-16(12-17(14)23(32)33)34-24-27-19-13-18(25)21(28-22(19)29-24)15-5-6-26-20(11-15)31-9-7-30(2)8-10-31/h3-4,6,11-13,15H,5,7-10H2,1-2H3,(H,32,33)(H,27,28,29). The lowest BCUT2D eigenvalue weighted by Crippen LogP contribution is -2.43.